The third-order valence-electron chi connectivity index (χ3n) is 5.05. The number of aromatic nitrogens is 4. The summed E-state index contributed by atoms with van der Waals surface area (Å²) < 4.78 is 3.23. The van der Waals surface area contributed by atoms with Crippen LogP contribution in [0.2, 0.25) is 0 Å². The minimum Gasteiger partial charge on any atom is -0.320 e. The topological polar surface area (TPSA) is 81.8 Å². The van der Waals surface area contributed by atoms with E-state index in [1.807, 2.05) is 18.4 Å². The minimum atomic E-state index is -0.196. The molecule has 0 atom stereocenters. The zero-order valence-corrected chi connectivity index (χ0v) is 17.5. The number of nitrogens with one attached hydrogen (secondary N) is 1. The van der Waals surface area contributed by atoms with Gasteiger partial charge in [-0.15, -0.1) is 11.3 Å². The number of pyridine rings is 1. The highest BCUT2D eigenvalue weighted by molar-refractivity contribution is 7.14. The predicted octanol–water partition coefficient (Wildman–Crippen LogP) is 3.42. The maximum Gasteiger partial charge on any atom is 0.252 e. The predicted molar refractivity (Wildman–Crippen MR) is 115 cm³/mol. The molecular formula is C21H21N5O2S. The molecule has 0 aliphatic rings. The molecule has 0 unspecified atom stereocenters. The Morgan fingerprint density at radius 1 is 1.14 bits per heavy atom. The lowest BCUT2D eigenvalue weighted by atomic mass is 10.1. The molecule has 0 saturated carbocycles. The second-order valence-electron chi connectivity index (χ2n) is 7.15. The van der Waals surface area contributed by atoms with E-state index in [2.05, 4.69) is 41.3 Å². The van der Waals surface area contributed by atoms with Gasteiger partial charge in [-0.2, -0.15) is 0 Å². The van der Waals surface area contributed by atoms with Crippen LogP contribution >= 0.6 is 11.3 Å². The van der Waals surface area contributed by atoms with Crippen molar-refractivity contribution in [3.8, 4) is 11.3 Å². The SMILES string of the molecule is Cc1ccc(-c2csc(NC(=O)Cn3cnc4c3c(C)cc(=O)n4C)n2)cc1C. The Morgan fingerprint density at radius 3 is 2.69 bits per heavy atom. The minimum absolute atomic E-state index is 0.0914. The summed E-state index contributed by atoms with van der Waals surface area (Å²) in [6.45, 7) is 6.08. The van der Waals surface area contributed by atoms with Crippen LogP contribution in [0, 0.1) is 20.8 Å². The molecule has 1 amide bonds. The normalized spacial score (nSPS) is 11.2. The maximum absolute atomic E-state index is 12.6. The van der Waals surface area contributed by atoms with Crippen LogP contribution in [0.25, 0.3) is 22.4 Å². The number of carbonyl (C=O) groups excluding carboxylic acids is 1. The molecule has 1 N–H and O–H groups in total. The standard InChI is InChI=1S/C21H21N5O2S/c1-12-5-6-15(7-13(12)2)16-10-29-21(23-16)24-17(27)9-26-11-22-20-19(26)14(3)8-18(28)25(20)4/h5-8,10-11H,9H2,1-4H3,(H,23,24,27). The first-order valence-electron chi connectivity index (χ1n) is 9.18. The lowest BCUT2D eigenvalue weighted by Crippen LogP contribution is -2.20. The van der Waals surface area contributed by atoms with Crippen molar-refractivity contribution in [1.82, 2.24) is 19.1 Å². The first kappa shape index (κ1) is 19.1. The van der Waals surface area contributed by atoms with E-state index in [0.717, 1.165) is 22.3 Å². The average Bonchev–Trinajstić information content (AvgIpc) is 3.30. The monoisotopic (exact) mass is 407 g/mol. The molecule has 0 aliphatic carbocycles. The zero-order chi connectivity index (χ0) is 20.7. The van der Waals surface area contributed by atoms with Crippen LogP contribution < -0.4 is 10.9 Å². The van der Waals surface area contributed by atoms with Crippen LogP contribution in [0.15, 0.2) is 40.8 Å². The molecule has 8 heteroatoms. The summed E-state index contributed by atoms with van der Waals surface area (Å²) in [5.41, 5.74) is 6.32. The van der Waals surface area contributed by atoms with E-state index < -0.39 is 0 Å². The molecule has 0 saturated heterocycles. The van der Waals surface area contributed by atoms with Crippen LogP contribution in [-0.4, -0.2) is 25.0 Å². The van der Waals surface area contributed by atoms with Crippen molar-refractivity contribution in [2.75, 3.05) is 5.32 Å². The highest BCUT2D eigenvalue weighted by atomic mass is 32.1. The van der Waals surface area contributed by atoms with Gasteiger partial charge in [-0.25, -0.2) is 9.97 Å². The summed E-state index contributed by atoms with van der Waals surface area (Å²) in [5.74, 6) is -0.196. The quantitative estimate of drug-likeness (QED) is 0.562. The number of carbonyl (C=O) groups is 1. The van der Waals surface area contributed by atoms with Gasteiger partial charge in [0, 0.05) is 24.1 Å². The van der Waals surface area contributed by atoms with E-state index in [1.165, 1.54) is 27.0 Å². The molecule has 7 nitrogen and oxygen atoms in total. The summed E-state index contributed by atoms with van der Waals surface area (Å²) in [6, 6.07) is 7.76. The van der Waals surface area contributed by atoms with Crippen LogP contribution in [0.4, 0.5) is 5.13 Å². The van der Waals surface area contributed by atoms with Gasteiger partial charge in [-0.1, -0.05) is 12.1 Å². The van der Waals surface area contributed by atoms with Gasteiger partial charge in [0.15, 0.2) is 10.8 Å². The van der Waals surface area contributed by atoms with Crippen LogP contribution in [0.1, 0.15) is 16.7 Å². The summed E-state index contributed by atoms with van der Waals surface area (Å²) in [6.07, 6.45) is 1.58. The van der Waals surface area contributed by atoms with E-state index in [4.69, 9.17) is 0 Å². The Bertz CT molecular complexity index is 1300. The van der Waals surface area contributed by atoms with Gasteiger partial charge in [0.25, 0.3) is 5.56 Å². The largest absolute Gasteiger partial charge is 0.320 e. The molecule has 3 aromatic heterocycles. The van der Waals surface area contributed by atoms with Crippen molar-refractivity contribution in [1.29, 1.82) is 0 Å². The molecule has 4 aromatic rings. The molecule has 0 radical (unpaired) electrons. The Labute approximate surface area is 171 Å². The number of fused-ring (bicyclic) bond motifs is 1. The lowest BCUT2D eigenvalue weighted by Gasteiger charge is -2.07. The van der Waals surface area contributed by atoms with Crippen molar-refractivity contribution in [3.63, 3.8) is 0 Å². The Morgan fingerprint density at radius 2 is 1.93 bits per heavy atom. The summed E-state index contributed by atoms with van der Waals surface area (Å²) in [4.78, 5) is 33.3. The lowest BCUT2D eigenvalue weighted by molar-refractivity contribution is -0.116. The van der Waals surface area contributed by atoms with E-state index >= 15 is 0 Å². The molecule has 4 rings (SSSR count). The van der Waals surface area contributed by atoms with Crippen molar-refractivity contribution < 1.29 is 4.79 Å². The fourth-order valence-electron chi connectivity index (χ4n) is 3.27. The van der Waals surface area contributed by atoms with Crippen LogP contribution in [0.5, 0.6) is 0 Å². The van der Waals surface area contributed by atoms with Crippen molar-refractivity contribution in [2.45, 2.75) is 27.3 Å². The Balaban J connectivity index is 1.53. The Hall–Kier alpha value is -3.26. The molecule has 148 valence electrons. The van der Waals surface area contributed by atoms with Crippen LogP contribution in [-0.2, 0) is 18.4 Å². The number of hydrogen-bond donors (Lipinski definition) is 1. The number of amides is 1. The van der Waals surface area contributed by atoms with Gasteiger partial charge >= 0.3 is 0 Å². The number of anilines is 1. The summed E-state index contributed by atoms with van der Waals surface area (Å²) >= 11 is 1.39. The number of rotatable bonds is 4. The first-order valence-corrected chi connectivity index (χ1v) is 10.1. The van der Waals surface area contributed by atoms with Gasteiger partial charge in [-0.05, 0) is 43.5 Å². The van der Waals surface area contributed by atoms with E-state index in [0.29, 0.717) is 10.8 Å². The zero-order valence-electron chi connectivity index (χ0n) is 16.7. The number of imidazole rings is 1. The molecule has 0 bridgehead atoms. The highest BCUT2D eigenvalue weighted by Crippen LogP contribution is 2.26. The maximum atomic E-state index is 12.6. The smallest absolute Gasteiger partial charge is 0.252 e. The fourth-order valence-corrected chi connectivity index (χ4v) is 4.01. The van der Waals surface area contributed by atoms with Gasteiger partial charge in [0.1, 0.15) is 6.54 Å². The highest BCUT2D eigenvalue weighted by Gasteiger charge is 2.14. The molecule has 29 heavy (non-hydrogen) atoms. The van der Waals surface area contributed by atoms with Crippen LogP contribution in [0.3, 0.4) is 0 Å². The molecule has 0 spiro atoms. The molecule has 3 heterocycles. The van der Waals surface area contributed by atoms with E-state index in [9.17, 15) is 9.59 Å². The molecule has 0 aliphatic heterocycles. The average molecular weight is 407 g/mol. The second-order valence-corrected chi connectivity index (χ2v) is 8.01. The molecular weight excluding hydrogens is 386 g/mol. The fraction of sp³-hybridized carbons (Fsp3) is 0.238. The summed E-state index contributed by atoms with van der Waals surface area (Å²) in [7, 11) is 1.67. The van der Waals surface area contributed by atoms with Gasteiger partial charge in [0.05, 0.1) is 17.5 Å². The molecule has 0 fully saturated rings. The number of benzene rings is 1. The van der Waals surface area contributed by atoms with Crippen molar-refractivity contribution in [2.24, 2.45) is 7.05 Å². The number of nitrogens with zero attached hydrogens (tertiary/aromatic N) is 4. The second kappa shape index (κ2) is 7.29. The first-order chi connectivity index (χ1) is 13.8. The van der Waals surface area contributed by atoms with E-state index in [-0.39, 0.29) is 18.0 Å². The third kappa shape index (κ3) is 3.58. The van der Waals surface area contributed by atoms with Gasteiger partial charge in [-0.3, -0.25) is 14.2 Å². The van der Waals surface area contributed by atoms with Crippen molar-refractivity contribution >= 4 is 33.5 Å². The third-order valence-corrected chi connectivity index (χ3v) is 5.81. The number of hydrogen-bond acceptors (Lipinski definition) is 5. The molecule has 1 aromatic carbocycles. The van der Waals surface area contributed by atoms with Crippen molar-refractivity contribution in [3.05, 3.63) is 63.0 Å². The van der Waals surface area contributed by atoms with E-state index in [1.54, 1.807) is 24.0 Å². The number of thiazole rings is 1. The van der Waals surface area contributed by atoms with Gasteiger partial charge in [0.2, 0.25) is 5.91 Å². The number of aryl methyl sites for hydroxylation is 4. The summed E-state index contributed by atoms with van der Waals surface area (Å²) in [5, 5.41) is 5.35. The Kier molecular flexibility index (Phi) is 4.79. The van der Waals surface area contributed by atoms with Gasteiger partial charge < -0.3 is 9.88 Å².